The van der Waals surface area contributed by atoms with Crippen molar-refractivity contribution >= 4 is 18.1 Å². The van der Waals surface area contributed by atoms with E-state index in [-0.39, 0.29) is 25.6 Å². The number of rotatable bonds is 14. The zero-order valence-corrected chi connectivity index (χ0v) is 26.6. The molecule has 0 bridgehead atoms. The van der Waals surface area contributed by atoms with Gasteiger partial charge in [0.25, 0.3) is 0 Å². The maximum absolute atomic E-state index is 13.6. The van der Waals surface area contributed by atoms with Crippen LogP contribution in [0.25, 0.3) is 0 Å². The molecule has 1 aromatic heterocycles. The highest BCUT2D eigenvalue weighted by Crippen LogP contribution is 2.13. The van der Waals surface area contributed by atoms with Crippen LogP contribution in [0, 0.1) is 5.92 Å². The third-order valence-corrected chi connectivity index (χ3v) is 6.66. The van der Waals surface area contributed by atoms with Gasteiger partial charge in [-0.1, -0.05) is 80.6 Å². The van der Waals surface area contributed by atoms with Crippen LogP contribution in [-0.2, 0) is 33.8 Å². The van der Waals surface area contributed by atoms with Crippen LogP contribution in [0.3, 0.4) is 0 Å². The number of aliphatic hydroxyl groups is 1. The van der Waals surface area contributed by atoms with E-state index in [9.17, 15) is 19.5 Å². The van der Waals surface area contributed by atoms with E-state index >= 15 is 0 Å². The lowest BCUT2D eigenvalue weighted by atomic mass is 9.98. The average Bonchev–Trinajstić information content (AvgIpc) is 2.98. The first-order valence-corrected chi connectivity index (χ1v) is 15.0. The zero-order valence-electron chi connectivity index (χ0n) is 26.6. The van der Waals surface area contributed by atoms with E-state index in [1.54, 1.807) is 64.0 Å². The van der Waals surface area contributed by atoms with E-state index in [0.717, 1.165) is 11.1 Å². The smallest absolute Gasteiger partial charge is 0.422 e. The van der Waals surface area contributed by atoms with Crippen LogP contribution >= 0.6 is 0 Å². The Morgan fingerprint density at radius 2 is 1.49 bits per heavy atom. The van der Waals surface area contributed by atoms with Crippen LogP contribution in [-0.4, -0.2) is 63.5 Å². The monoisotopic (exact) mass is 619 g/mol. The van der Waals surface area contributed by atoms with Crippen molar-refractivity contribution < 1.29 is 29.0 Å². The molecule has 0 aliphatic carbocycles. The van der Waals surface area contributed by atoms with E-state index in [4.69, 9.17) is 9.47 Å². The molecule has 3 atom stereocenters. The lowest BCUT2D eigenvalue weighted by molar-refractivity contribution is -0.125. The number of ether oxygens (including phenoxy) is 2. The molecule has 2 aromatic carbocycles. The zero-order chi connectivity index (χ0) is 32.8. The van der Waals surface area contributed by atoms with Gasteiger partial charge in [-0.05, 0) is 56.4 Å². The minimum atomic E-state index is -1.13. The fraction of sp³-hybridized carbons (Fsp3) is 0.412. The molecule has 11 nitrogen and oxygen atoms in total. The lowest BCUT2D eigenvalue weighted by Gasteiger charge is -2.32. The van der Waals surface area contributed by atoms with Crippen molar-refractivity contribution in [2.24, 2.45) is 5.92 Å². The predicted molar refractivity (Wildman–Crippen MR) is 170 cm³/mol. The van der Waals surface area contributed by atoms with Crippen molar-refractivity contribution in [2.75, 3.05) is 6.54 Å². The highest BCUT2D eigenvalue weighted by Gasteiger charge is 2.31. The Kier molecular flexibility index (Phi) is 13.3. The molecule has 242 valence electrons. The summed E-state index contributed by atoms with van der Waals surface area (Å²) in [5.74, 6) is -0.764. The average molecular weight is 620 g/mol. The molecule has 0 spiro atoms. The third-order valence-electron chi connectivity index (χ3n) is 6.66. The quantitative estimate of drug-likeness (QED) is 0.195. The second-order valence-electron chi connectivity index (χ2n) is 12.1. The number of hydrazine groups is 1. The van der Waals surface area contributed by atoms with Gasteiger partial charge < -0.3 is 25.2 Å². The summed E-state index contributed by atoms with van der Waals surface area (Å²) in [7, 11) is 0. The summed E-state index contributed by atoms with van der Waals surface area (Å²) in [6, 6.07) is 22.5. The molecule has 3 aromatic rings. The molecule has 0 unspecified atom stereocenters. The number of aliphatic hydroxyl groups excluding tert-OH is 1. The molecule has 0 radical (unpaired) electrons. The van der Waals surface area contributed by atoms with Gasteiger partial charge in [0.15, 0.2) is 0 Å². The summed E-state index contributed by atoms with van der Waals surface area (Å²) in [5.41, 5.74) is 4.38. The molecular weight excluding hydrogens is 574 g/mol. The number of hydrogen-bond acceptors (Lipinski definition) is 8. The van der Waals surface area contributed by atoms with Crippen LogP contribution in [0.2, 0.25) is 0 Å². The summed E-state index contributed by atoms with van der Waals surface area (Å²) in [5, 5.41) is 18.7. The largest absolute Gasteiger partial charge is 0.443 e. The number of pyridine rings is 1. The SMILES string of the molecule is CC(C)[C@H](NC(=O)OCc1ccccn1)C(=O)N[C@@H](Cc1ccccc1)[C@@H](O)CN(Cc1ccccc1)NC(=O)OC(C)(C)C. The first-order chi connectivity index (χ1) is 21.4. The van der Waals surface area contributed by atoms with Gasteiger partial charge in [0.2, 0.25) is 5.91 Å². The summed E-state index contributed by atoms with van der Waals surface area (Å²) in [4.78, 5) is 43.1. The third kappa shape index (κ3) is 13.0. The number of hydrogen-bond donors (Lipinski definition) is 4. The van der Waals surface area contributed by atoms with Crippen molar-refractivity contribution in [2.45, 2.75) is 78.0 Å². The van der Waals surface area contributed by atoms with E-state index in [1.807, 2.05) is 60.7 Å². The van der Waals surface area contributed by atoms with Crippen molar-refractivity contribution in [1.29, 1.82) is 0 Å². The molecule has 45 heavy (non-hydrogen) atoms. The second kappa shape index (κ2) is 17.1. The molecule has 0 saturated carbocycles. The second-order valence-corrected chi connectivity index (χ2v) is 12.1. The number of carbonyl (C=O) groups is 3. The van der Waals surface area contributed by atoms with Crippen molar-refractivity contribution in [3.05, 3.63) is 102 Å². The van der Waals surface area contributed by atoms with E-state index in [2.05, 4.69) is 21.0 Å². The molecule has 3 amide bonds. The van der Waals surface area contributed by atoms with E-state index in [1.165, 1.54) is 0 Å². The predicted octanol–water partition coefficient (Wildman–Crippen LogP) is 4.36. The molecule has 1 heterocycles. The highest BCUT2D eigenvalue weighted by atomic mass is 16.6. The number of nitrogens with zero attached hydrogens (tertiary/aromatic N) is 2. The van der Waals surface area contributed by atoms with Crippen molar-refractivity contribution in [1.82, 2.24) is 26.1 Å². The van der Waals surface area contributed by atoms with Crippen LogP contribution in [0.5, 0.6) is 0 Å². The van der Waals surface area contributed by atoms with Gasteiger partial charge in [0.05, 0.1) is 17.8 Å². The summed E-state index contributed by atoms with van der Waals surface area (Å²) in [6.45, 7) is 9.11. The molecule has 0 aliphatic rings. The highest BCUT2D eigenvalue weighted by molar-refractivity contribution is 5.86. The van der Waals surface area contributed by atoms with Crippen molar-refractivity contribution in [3.8, 4) is 0 Å². The first kappa shape index (κ1) is 35.0. The minimum absolute atomic E-state index is 0.0300. The molecule has 3 rings (SSSR count). The molecule has 0 aliphatic heterocycles. The number of carbonyl (C=O) groups excluding carboxylic acids is 3. The number of nitrogens with one attached hydrogen (secondary N) is 3. The Labute approximate surface area is 265 Å². The van der Waals surface area contributed by atoms with Crippen LogP contribution in [0.1, 0.15) is 51.4 Å². The van der Waals surface area contributed by atoms with Crippen LogP contribution in [0.4, 0.5) is 9.59 Å². The van der Waals surface area contributed by atoms with Gasteiger partial charge in [-0.3, -0.25) is 15.2 Å². The molecular formula is C34H45N5O6. The fourth-order valence-corrected chi connectivity index (χ4v) is 4.49. The number of alkyl carbamates (subject to hydrolysis) is 1. The number of benzene rings is 2. The number of amides is 3. The molecule has 4 N–H and O–H groups in total. The summed E-state index contributed by atoms with van der Waals surface area (Å²) < 4.78 is 10.7. The minimum Gasteiger partial charge on any atom is -0.443 e. The lowest BCUT2D eigenvalue weighted by Crippen LogP contribution is -2.57. The van der Waals surface area contributed by atoms with E-state index in [0.29, 0.717) is 12.1 Å². The Morgan fingerprint density at radius 3 is 2.07 bits per heavy atom. The topological polar surface area (TPSA) is 142 Å². The van der Waals surface area contributed by atoms with Gasteiger partial charge in [-0.15, -0.1) is 0 Å². The standard InChI is InChI=1S/C34H45N5O6/c1-24(2)30(37-32(42)44-23-27-18-12-13-19-35-27)31(41)36-28(20-25-14-8-6-9-15-25)29(40)22-39(21-26-16-10-7-11-17-26)38-33(43)45-34(3,4)5/h6-19,24,28-30,40H,20-23H2,1-5H3,(H,36,41)(H,37,42)(H,38,43)/t28-,29-,30-/m0/s1. The molecule has 0 fully saturated rings. The van der Waals surface area contributed by atoms with Crippen molar-refractivity contribution in [3.63, 3.8) is 0 Å². The van der Waals surface area contributed by atoms with E-state index < -0.39 is 41.9 Å². The van der Waals surface area contributed by atoms with Gasteiger partial charge in [0.1, 0.15) is 18.2 Å². The van der Waals surface area contributed by atoms with Gasteiger partial charge in [-0.2, -0.15) is 0 Å². The fourth-order valence-electron chi connectivity index (χ4n) is 4.49. The van der Waals surface area contributed by atoms with Gasteiger partial charge >= 0.3 is 12.2 Å². The Hall–Kier alpha value is -4.48. The Balaban J connectivity index is 1.76. The Morgan fingerprint density at radius 1 is 0.867 bits per heavy atom. The Bertz CT molecular complexity index is 1340. The summed E-state index contributed by atoms with van der Waals surface area (Å²) >= 11 is 0. The number of aromatic nitrogens is 1. The molecule has 0 saturated heterocycles. The maximum Gasteiger partial charge on any atom is 0.422 e. The van der Waals surface area contributed by atoms with Gasteiger partial charge in [0, 0.05) is 19.3 Å². The normalized spacial score (nSPS) is 13.4. The first-order valence-electron chi connectivity index (χ1n) is 15.0. The van der Waals surface area contributed by atoms with Gasteiger partial charge in [-0.25, -0.2) is 14.6 Å². The van der Waals surface area contributed by atoms with Crippen LogP contribution < -0.4 is 16.1 Å². The maximum atomic E-state index is 13.6. The van der Waals surface area contributed by atoms with Crippen LogP contribution in [0.15, 0.2) is 85.1 Å². The summed E-state index contributed by atoms with van der Waals surface area (Å²) in [6.07, 6.45) is -0.651. The molecule has 11 heteroatoms.